The van der Waals surface area contributed by atoms with E-state index in [0.29, 0.717) is 37.1 Å². The molecule has 4 rings (SSSR count). The lowest BCUT2D eigenvalue weighted by Gasteiger charge is -2.34. The molecule has 140 valence electrons. The average molecular weight is 401 g/mol. The topological polar surface area (TPSA) is 40.6 Å². The lowest BCUT2D eigenvalue weighted by molar-refractivity contribution is -0.138. The smallest absolute Gasteiger partial charge is 0.246 e. The van der Waals surface area contributed by atoms with Crippen LogP contribution >= 0.6 is 22.9 Å². The number of hydrogen-bond donors (Lipinski definition) is 0. The largest absolute Gasteiger partial charge is 0.339 e. The van der Waals surface area contributed by atoms with E-state index in [1.54, 1.807) is 34.5 Å². The van der Waals surface area contributed by atoms with Crippen LogP contribution in [0.4, 0.5) is 0 Å². The van der Waals surface area contributed by atoms with Crippen LogP contribution in [-0.4, -0.2) is 47.8 Å². The van der Waals surface area contributed by atoms with Gasteiger partial charge in [-0.05, 0) is 35.6 Å². The lowest BCUT2D eigenvalue weighted by Crippen LogP contribution is -2.50. The summed E-state index contributed by atoms with van der Waals surface area (Å²) in [6.45, 7) is 2.37. The summed E-state index contributed by atoms with van der Waals surface area (Å²) in [7, 11) is 0. The van der Waals surface area contributed by atoms with Crippen LogP contribution in [0, 0.1) is 5.92 Å². The summed E-state index contributed by atoms with van der Waals surface area (Å²) < 4.78 is 0. The number of piperazine rings is 1. The summed E-state index contributed by atoms with van der Waals surface area (Å²) in [6, 6.07) is 11.6. The highest BCUT2D eigenvalue weighted by molar-refractivity contribution is 7.10. The third kappa shape index (κ3) is 4.09. The number of thiophene rings is 1. The fraction of sp³-hybridized carbons (Fsp3) is 0.333. The van der Waals surface area contributed by atoms with Crippen molar-refractivity contribution in [3.8, 4) is 0 Å². The van der Waals surface area contributed by atoms with Crippen molar-refractivity contribution in [3.05, 3.63) is 63.3 Å². The third-order valence-corrected chi connectivity index (χ3v) is 6.58. The van der Waals surface area contributed by atoms with Gasteiger partial charge in [0.25, 0.3) is 0 Å². The molecular weight excluding hydrogens is 380 g/mol. The summed E-state index contributed by atoms with van der Waals surface area (Å²) in [4.78, 5) is 30.1. The first-order chi connectivity index (χ1) is 13.1. The molecule has 2 amide bonds. The van der Waals surface area contributed by atoms with Crippen molar-refractivity contribution >= 4 is 40.8 Å². The van der Waals surface area contributed by atoms with Gasteiger partial charge in [0.1, 0.15) is 0 Å². The standard InChI is InChI=1S/C21H21ClN2O2S/c22-18-5-2-1-4-15(18)7-8-20(25)23-9-11-24(12-10-23)21(26)17-14-16(17)19-6-3-13-27-19/h1-8,13,16-17H,9-12,14H2/b8-7+. The van der Waals surface area contributed by atoms with Crippen molar-refractivity contribution in [2.75, 3.05) is 26.2 Å². The maximum absolute atomic E-state index is 12.7. The number of nitrogens with zero attached hydrogens (tertiary/aromatic N) is 2. The van der Waals surface area contributed by atoms with Crippen LogP contribution in [0.2, 0.25) is 5.02 Å². The highest BCUT2D eigenvalue weighted by atomic mass is 35.5. The number of hydrogen-bond acceptors (Lipinski definition) is 3. The van der Waals surface area contributed by atoms with Crippen LogP contribution < -0.4 is 0 Å². The Hall–Kier alpha value is -2.11. The van der Waals surface area contributed by atoms with Crippen molar-refractivity contribution in [2.24, 2.45) is 5.92 Å². The molecule has 1 aromatic carbocycles. The quantitative estimate of drug-likeness (QED) is 0.730. The van der Waals surface area contributed by atoms with E-state index in [1.165, 1.54) is 4.88 Å². The van der Waals surface area contributed by atoms with Crippen LogP contribution in [-0.2, 0) is 9.59 Å². The minimum Gasteiger partial charge on any atom is -0.339 e. The SMILES string of the molecule is O=C(/C=C/c1ccccc1Cl)N1CCN(C(=O)C2CC2c2cccs2)CC1. The molecule has 6 heteroatoms. The van der Waals surface area contributed by atoms with Gasteiger partial charge in [0.2, 0.25) is 11.8 Å². The van der Waals surface area contributed by atoms with Gasteiger partial charge < -0.3 is 9.80 Å². The molecule has 0 bridgehead atoms. The van der Waals surface area contributed by atoms with Gasteiger partial charge in [-0.15, -0.1) is 11.3 Å². The first-order valence-electron chi connectivity index (χ1n) is 9.17. The van der Waals surface area contributed by atoms with Gasteiger partial charge in [0.05, 0.1) is 0 Å². The molecule has 1 saturated carbocycles. The molecule has 0 radical (unpaired) electrons. The monoisotopic (exact) mass is 400 g/mol. The van der Waals surface area contributed by atoms with E-state index in [2.05, 4.69) is 11.4 Å². The molecule has 2 fully saturated rings. The molecule has 4 nitrogen and oxygen atoms in total. The predicted molar refractivity (Wildman–Crippen MR) is 109 cm³/mol. The zero-order valence-corrected chi connectivity index (χ0v) is 16.5. The van der Waals surface area contributed by atoms with Crippen molar-refractivity contribution in [1.82, 2.24) is 9.80 Å². The van der Waals surface area contributed by atoms with Crippen molar-refractivity contribution in [3.63, 3.8) is 0 Å². The second-order valence-electron chi connectivity index (χ2n) is 6.97. The van der Waals surface area contributed by atoms with Gasteiger partial charge >= 0.3 is 0 Å². The molecule has 1 aliphatic heterocycles. The second-order valence-corrected chi connectivity index (χ2v) is 8.36. The summed E-state index contributed by atoms with van der Waals surface area (Å²) in [5.41, 5.74) is 0.828. The third-order valence-electron chi connectivity index (χ3n) is 5.23. The van der Waals surface area contributed by atoms with Crippen LogP contribution in [0.3, 0.4) is 0 Å². The van der Waals surface area contributed by atoms with E-state index >= 15 is 0 Å². The molecule has 1 aliphatic carbocycles. The Kier molecular flexibility index (Phi) is 5.32. The first-order valence-corrected chi connectivity index (χ1v) is 10.4. The fourth-order valence-electron chi connectivity index (χ4n) is 3.54. The molecule has 1 aromatic heterocycles. The minimum absolute atomic E-state index is 0.0371. The van der Waals surface area contributed by atoms with Gasteiger partial charge in [0.15, 0.2) is 0 Å². The minimum atomic E-state index is -0.0371. The molecular formula is C21H21ClN2O2S. The van der Waals surface area contributed by atoms with Crippen LogP contribution in [0.15, 0.2) is 47.9 Å². The Morgan fingerprint density at radius 1 is 1.04 bits per heavy atom. The second kappa shape index (κ2) is 7.87. The highest BCUT2D eigenvalue weighted by Gasteiger charge is 2.46. The number of rotatable bonds is 4. The average Bonchev–Trinajstić information content (AvgIpc) is 3.31. The van der Waals surface area contributed by atoms with Crippen molar-refractivity contribution in [2.45, 2.75) is 12.3 Å². The number of carbonyl (C=O) groups excluding carboxylic acids is 2. The summed E-state index contributed by atoms with van der Waals surface area (Å²) in [6.07, 6.45) is 4.27. The number of benzene rings is 1. The number of carbonyl (C=O) groups is 2. The summed E-state index contributed by atoms with van der Waals surface area (Å²) in [5.74, 6) is 0.735. The van der Waals surface area contributed by atoms with Gasteiger partial charge in [-0.2, -0.15) is 0 Å². The van der Waals surface area contributed by atoms with Crippen LogP contribution in [0.5, 0.6) is 0 Å². The predicted octanol–water partition coefficient (Wildman–Crippen LogP) is 3.89. The van der Waals surface area contributed by atoms with Gasteiger partial charge in [-0.1, -0.05) is 35.9 Å². The van der Waals surface area contributed by atoms with E-state index in [0.717, 1.165) is 12.0 Å². The molecule has 2 unspecified atom stereocenters. The van der Waals surface area contributed by atoms with Crippen molar-refractivity contribution in [1.29, 1.82) is 0 Å². The molecule has 1 saturated heterocycles. The van der Waals surface area contributed by atoms with Gasteiger partial charge in [-0.3, -0.25) is 9.59 Å². The Morgan fingerprint density at radius 3 is 2.48 bits per heavy atom. The Labute approximate surface area is 168 Å². The van der Waals surface area contributed by atoms with Gasteiger partial charge in [0, 0.05) is 54.0 Å². The molecule has 27 heavy (non-hydrogen) atoms. The Morgan fingerprint density at radius 2 is 1.78 bits per heavy atom. The van der Waals surface area contributed by atoms with E-state index in [4.69, 9.17) is 11.6 Å². The summed E-state index contributed by atoms with van der Waals surface area (Å²) in [5, 5.41) is 2.69. The maximum atomic E-state index is 12.7. The molecule has 2 aromatic rings. The lowest BCUT2D eigenvalue weighted by atomic mass is 10.2. The summed E-state index contributed by atoms with van der Waals surface area (Å²) >= 11 is 7.84. The van der Waals surface area contributed by atoms with E-state index in [1.807, 2.05) is 29.2 Å². The number of halogens is 1. The first kappa shape index (κ1) is 18.3. The Balaban J connectivity index is 1.28. The van der Waals surface area contributed by atoms with Crippen molar-refractivity contribution < 1.29 is 9.59 Å². The Bertz CT molecular complexity index is 857. The molecule has 2 heterocycles. The fourth-order valence-corrected chi connectivity index (χ4v) is 4.65. The molecule has 0 spiro atoms. The number of amides is 2. The normalized spacial score (nSPS) is 22.3. The van der Waals surface area contributed by atoms with Gasteiger partial charge in [-0.25, -0.2) is 0 Å². The van der Waals surface area contributed by atoms with E-state index in [-0.39, 0.29) is 17.7 Å². The molecule has 2 atom stereocenters. The van der Waals surface area contributed by atoms with Crippen LogP contribution in [0.25, 0.3) is 6.08 Å². The zero-order valence-electron chi connectivity index (χ0n) is 14.9. The zero-order chi connectivity index (χ0) is 18.8. The molecule has 2 aliphatic rings. The highest BCUT2D eigenvalue weighted by Crippen LogP contribution is 2.50. The molecule has 0 N–H and O–H groups in total. The maximum Gasteiger partial charge on any atom is 0.246 e. The van der Waals surface area contributed by atoms with E-state index in [9.17, 15) is 9.59 Å². The van der Waals surface area contributed by atoms with Crippen LogP contribution in [0.1, 0.15) is 22.8 Å². The van der Waals surface area contributed by atoms with E-state index < -0.39 is 0 Å².